The number of hydrogen-bond acceptors (Lipinski definition) is 6. The molecule has 0 saturated heterocycles. The van der Waals surface area contributed by atoms with Crippen molar-refractivity contribution in [1.82, 2.24) is 10.2 Å². The number of aryl methyl sites for hydroxylation is 1. The maximum absolute atomic E-state index is 14.6. The third-order valence-corrected chi connectivity index (χ3v) is 9.98. The zero-order valence-electron chi connectivity index (χ0n) is 27.9. The Morgan fingerprint density at radius 2 is 1.52 bits per heavy atom. The summed E-state index contributed by atoms with van der Waals surface area (Å²) in [5.41, 5.74) is 2.61. The average Bonchev–Trinajstić information content (AvgIpc) is 3.09. The van der Waals surface area contributed by atoms with Crippen molar-refractivity contribution in [2.24, 2.45) is 0 Å². The molecule has 2 atom stereocenters. The number of anilines is 1. The average molecular weight is 676 g/mol. The highest BCUT2D eigenvalue weighted by Crippen LogP contribution is 2.32. The molecule has 0 spiro atoms. The maximum Gasteiger partial charge on any atom is 0.264 e. The first-order valence-electron chi connectivity index (χ1n) is 15.7. The second-order valence-corrected chi connectivity index (χ2v) is 13.3. The summed E-state index contributed by atoms with van der Waals surface area (Å²) < 4.78 is 54.2. The van der Waals surface area contributed by atoms with Gasteiger partial charge in [-0.25, -0.2) is 12.8 Å². The summed E-state index contributed by atoms with van der Waals surface area (Å²) in [6, 6.07) is 24.7. The highest BCUT2D eigenvalue weighted by molar-refractivity contribution is 7.92. The lowest BCUT2D eigenvalue weighted by Gasteiger charge is -2.34. The fourth-order valence-corrected chi connectivity index (χ4v) is 6.64. The Morgan fingerprint density at radius 3 is 2.15 bits per heavy atom. The van der Waals surface area contributed by atoms with Crippen LogP contribution in [0.3, 0.4) is 0 Å². The Balaban J connectivity index is 1.84. The zero-order valence-corrected chi connectivity index (χ0v) is 28.7. The standard InChI is InChI=1S/C37H42FN3O6S/c1-6-27(3)39-37(43)33(22-28-13-8-7-9-14-28)40(24-29-15-11-10-12-26(29)2)36(42)25-41(31-18-16-30(38)17-19-31)48(44,45)32-20-21-34(46-4)35(23-32)47-5/h7-21,23,27,33H,6,22,24-25H2,1-5H3,(H,39,43)/t27-,33-/m0/s1. The number of halogens is 1. The number of carbonyl (C=O) groups excluding carboxylic acids is 2. The summed E-state index contributed by atoms with van der Waals surface area (Å²) in [5.74, 6) is -1.05. The minimum absolute atomic E-state index is 0.0462. The molecule has 1 N–H and O–H groups in total. The molecule has 0 fully saturated rings. The summed E-state index contributed by atoms with van der Waals surface area (Å²) >= 11 is 0. The highest BCUT2D eigenvalue weighted by atomic mass is 32.2. The van der Waals surface area contributed by atoms with Gasteiger partial charge in [-0.15, -0.1) is 0 Å². The van der Waals surface area contributed by atoms with Crippen LogP contribution in [0.5, 0.6) is 11.5 Å². The van der Waals surface area contributed by atoms with Crippen LogP contribution in [-0.4, -0.2) is 58.0 Å². The predicted octanol–water partition coefficient (Wildman–Crippen LogP) is 5.90. The van der Waals surface area contributed by atoms with E-state index in [0.29, 0.717) is 12.2 Å². The van der Waals surface area contributed by atoms with Gasteiger partial charge in [0.25, 0.3) is 10.0 Å². The van der Waals surface area contributed by atoms with E-state index >= 15 is 0 Å². The monoisotopic (exact) mass is 675 g/mol. The molecule has 0 heterocycles. The van der Waals surface area contributed by atoms with Gasteiger partial charge >= 0.3 is 0 Å². The number of ether oxygens (including phenoxy) is 2. The minimum Gasteiger partial charge on any atom is -0.493 e. The molecular formula is C37H42FN3O6S. The number of nitrogens with zero attached hydrogens (tertiary/aromatic N) is 2. The van der Waals surface area contributed by atoms with Crippen molar-refractivity contribution in [3.05, 3.63) is 120 Å². The first kappa shape index (κ1) is 35.9. The van der Waals surface area contributed by atoms with E-state index in [1.165, 1.54) is 49.5 Å². The van der Waals surface area contributed by atoms with Crippen molar-refractivity contribution in [2.45, 2.75) is 57.1 Å². The van der Waals surface area contributed by atoms with Gasteiger partial charge in [-0.05, 0) is 73.4 Å². The van der Waals surface area contributed by atoms with Gasteiger partial charge in [-0.2, -0.15) is 0 Å². The SMILES string of the molecule is CC[C@H](C)NC(=O)[C@H](Cc1ccccc1)N(Cc1ccccc1C)C(=O)CN(c1ccc(F)cc1)S(=O)(=O)c1ccc(OC)c(OC)c1. The third kappa shape index (κ3) is 8.71. The first-order chi connectivity index (χ1) is 23.0. The summed E-state index contributed by atoms with van der Waals surface area (Å²) in [4.78, 5) is 29.9. The van der Waals surface area contributed by atoms with E-state index in [0.717, 1.165) is 33.1 Å². The fraction of sp³-hybridized carbons (Fsp3) is 0.297. The van der Waals surface area contributed by atoms with Crippen molar-refractivity contribution < 1.29 is 31.9 Å². The molecule has 2 amide bonds. The number of rotatable bonds is 15. The Labute approximate surface area is 282 Å². The second-order valence-electron chi connectivity index (χ2n) is 11.5. The van der Waals surface area contributed by atoms with E-state index in [-0.39, 0.29) is 41.2 Å². The Morgan fingerprint density at radius 1 is 0.875 bits per heavy atom. The fourth-order valence-electron chi connectivity index (χ4n) is 5.21. The third-order valence-electron chi connectivity index (χ3n) is 8.21. The van der Waals surface area contributed by atoms with Crippen LogP contribution in [0.25, 0.3) is 0 Å². The molecule has 0 saturated carbocycles. The van der Waals surface area contributed by atoms with Gasteiger partial charge in [0.2, 0.25) is 11.8 Å². The quantitative estimate of drug-likeness (QED) is 0.168. The van der Waals surface area contributed by atoms with Crippen molar-refractivity contribution in [3.8, 4) is 11.5 Å². The molecule has 0 unspecified atom stereocenters. The second kappa shape index (κ2) is 16.3. The molecule has 0 aliphatic carbocycles. The van der Waals surface area contributed by atoms with Crippen LogP contribution < -0.4 is 19.1 Å². The van der Waals surface area contributed by atoms with E-state index in [1.807, 2.05) is 75.4 Å². The molecule has 254 valence electrons. The van der Waals surface area contributed by atoms with Gasteiger partial charge in [-0.3, -0.25) is 13.9 Å². The largest absolute Gasteiger partial charge is 0.493 e. The molecule has 4 rings (SSSR count). The van der Waals surface area contributed by atoms with Crippen molar-refractivity contribution >= 4 is 27.5 Å². The summed E-state index contributed by atoms with van der Waals surface area (Å²) in [6.07, 6.45) is 0.872. The molecule has 0 aromatic heterocycles. The lowest BCUT2D eigenvalue weighted by atomic mass is 10.0. The van der Waals surface area contributed by atoms with Crippen LogP contribution in [0.1, 0.15) is 37.0 Å². The van der Waals surface area contributed by atoms with Gasteiger partial charge in [0.1, 0.15) is 18.4 Å². The van der Waals surface area contributed by atoms with Crippen molar-refractivity contribution in [3.63, 3.8) is 0 Å². The number of amides is 2. The van der Waals surface area contributed by atoms with Crippen LogP contribution >= 0.6 is 0 Å². The van der Waals surface area contributed by atoms with Gasteiger partial charge in [0.05, 0.1) is 24.8 Å². The lowest BCUT2D eigenvalue weighted by molar-refractivity contribution is -0.140. The molecule has 4 aromatic rings. The zero-order chi connectivity index (χ0) is 34.8. The van der Waals surface area contributed by atoms with Crippen LogP contribution in [0.2, 0.25) is 0 Å². The first-order valence-corrected chi connectivity index (χ1v) is 17.1. The topological polar surface area (TPSA) is 105 Å². The van der Waals surface area contributed by atoms with Crippen LogP contribution in [-0.2, 0) is 32.6 Å². The summed E-state index contributed by atoms with van der Waals surface area (Å²) in [5, 5.41) is 3.02. The van der Waals surface area contributed by atoms with E-state index < -0.39 is 34.3 Å². The smallest absolute Gasteiger partial charge is 0.264 e. The highest BCUT2D eigenvalue weighted by Gasteiger charge is 2.35. The van der Waals surface area contributed by atoms with Crippen molar-refractivity contribution in [2.75, 3.05) is 25.1 Å². The molecule has 0 radical (unpaired) electrons. The Hall–Kier alpha value is -4.90. The summed E-state index contributed by atoms with van der Waals surface area (Å²) in [6.45, 7) is 5.13. The Kier molecular flexibility index (Phi) is 12.2. The maximum atomic E-state index is 14.6. The van der Waals surface area contributed by atoms with E-state index in [4.69, 9.17) is 9.47 Å². The molecular weight excluding hydrogens is 633 g/mol. The predicted molar refractivity (Wildman–Crippen MR) is 184 cm³/mol. The van der Waals surface area contributed by atoms with Crippen LogP contribution in [0.4, 0.5) is 10.1 Å². The van der Waals surface area contributed by atoms with E-state index in [1.54, 1.807) is 0 Å². The van der Waals surface area contributed by atoms with E-state index in [2.05, 4.69) is 5.32 Å². The number of hydrogen-bond donors (Lipinski definition) is 1. The molecule has 4 aromatic carbocycles. The lowest BCUT2D eigenvalue weighted by Crippen LogP contribution is -2.54. The van der Waals surface area contributed by atoms with Gasteiger partial charge in [0.15, 0.2) is 11.5 Å². The molecule has 0 bridgehead atoms. The summed E-state index contributed by atoms with van der Waals surface area (Å²) in [7, 11) is -1.62. The normalized spacial score (nSPS) is 12.5. The molecule has 0 aliphatic heterocycles. The van der Waals surface area contributed by atoms with Gasteiger partial charge in [-0.1, -0.05) is 61.5 Å². The van der Waals surface area contributed by atoms with E-state index in [9.17, 15) is 22.4 Å². The molecule has 11 heteroatoms. The number of methoxy groups -OCH3 is 2. The minimum atomic E-state index is -4.43. The number of carbonyl (C=O) groups is 2. The van der Waals surface area contributed by atoms with Crippen LogP contribution in [0, 0.1) is 12.7 Å². The van der Waals surface area contributed by atoms with Gasteiger partial charge < -0.3 is 19.7 Å². The number of sulfonamides is 1. The molecule has 48 heavy (non-hydrogen) atoms. The van der Waals surface area contributed by atoms with Gasteiger partial charge in [0, 0.05) is 25.1 Å². The van der Waals surface area contributed by atoms with Crippen molar-refractivity contribution in [1.29, 1.82) is 0 Å². The molecule has 9 nitrogen and oxygen atoms in total. The van der Waals surface area contributed by atoms with Crippen LogP contribution in [0.15, 0.2) is 102 Å². The Bertz CT molecular complexity index is 1800. The molecule has 0 aliphatic rings. The number of benzene rings is 4. The number of nitrogens with one attached hydrogen (secondary N) is 1.